The van der Waals surface area contributed by atoms with Gasteiger partial charge in [0.15, 0.2) is 0 Å². The van der Waals surface area contributed by atoms with Crippen LogP contribution in [0.15, 0.2) is 24.3 Å². The van der Waals surface area contributed by atoms with Gasteiger partial charge in [0, 0.05) is 6.54 Å². The van der Waals surface area contributed by atoms with Gasteiger partial charge < -0.3 is 30.9 Å². The van der Waals surface area contributed by atoms with Crippen molar-refractivity contribution in [2.75, 3.05) is 20.2 Å². The van der Waals surface area contributed by atoms with E-state index in [1.54, 1.807) is 7.11 Å². The van der Waals surface area contributed by atoms with Gasteiger partial charge in [0.05, 0.1) is 19.7 Å². The topological polar surface area (TPSA) is 130 Å². The van der Waals surface area contributed by atoms with Crippen molar-refractivity contribution in [1.29, 1.82) is 5.41 Å². The van der Waals surface area contributed by atoms with Gasteiger partial charge >= 0.3 is 6.09 Å². The lowest BCUT2D eigenvalue weighted by Gasteiger charge is -2.22. The molecule has 126 valence electrons. The van der Waals surface area contributed by atoms with Crippen LogP contribution in [0.1, 0.15) is 5.56 Å². The molecule has 0 spiro atoms. The number of hydrogen-bond donors (Lipinski definition) is 5. The lowest BCUT2D eigenvalue weighted by atomic mass is 10.0. The summed E-state index contributed by atoms with van der Waals surface area (Å²) in [5.74, 6) is 0.603. The zero-order valence-corrected chi connectivity index (χ0v) is 12.9. The van der Waals surface area contributed by atoms with Gasteiger partial charge in [-0.3, -0.25) is 5.41 Å². The Morgan fingerprint density at radius 3 is 2.78 bits per heavy atom. The van der Waals surface area contributed by atoms with Crippen molar-refractivity contribution in [1.82, 2.24) is 10.6 Å². The molecule has 1 saturated heterocycles. The molecule has 6 N–H and O–H groups in total. The Hall–Kier alpha value is -2.32. The molecule has 0 saturated carbocycles. The highest BCUT2D eigenvalue weighted by molar-refractivity contribution is 5.82. The summed E-state index contributed by atoms with van der Waals surface area (Å²) in [6, 6.07) is 7.38. The van der Waals surface area contributed by atoms with E-state index in [1.807, 2.05) is 24.3 Å². The van der Waals surface area contributed by atoms with Crippen molar-refractivity contribution in [2.45, 2.75) is 24.7 Å². The predicted octanol–water partition coefficient (Wildman–Crippen LogP) is -0.399. The number of aliphatic hydroxyl groups is 1. The van der Waals surface area contributed by atoms with Crippen molar-refractivity contribution in [3.63, 3.8) is 0 Å². The molecule has 0 aliphatic carbocycles. The Labute approximate surface area is 134 Å². The summed E-state index contributed by atoms with van der Waals surface area (Å²) < 4.78 is 10.4. The first-order valence-corrected chi connectivity index (χ1v) is 7.31. The van der Waals surface area contributed by atoms with Crippen molar-refractivity contribution in [3.8, 4) is 5.75 Å². The fourth-order valence-electron chi connectivity index (χ4n) is 2.47. The minimum atomic E-state index is -0.777. The SMILES string of the molecule is COc1ccc(C[C@H]2NC[C@H](O)[C@H]2OC(=O)NCC(=N)N)cc1. The van der Waals surface area contributed by atoms with E-state index in [4.69, 9.17) is 20.6 Å². The average Bonchev–Trinajstić information content (AvgIpc) is 2.87. The maximum absolute atomic E-state index is 11.7. The van der Waals surface area contributed by atoms with Crippen LogP contribution in [-0.2, 0) is 11.2 Å². The first kappa shape index (κ1) is 17.0. The second-order valence-electron chi connectivity index (χ2n) is 5.38. The van der Waals surface area contributed by atoms with E-state index in [9.17, 15) is 9.90 Å². The van der Waals surface area contributed by atoms with Crippen LogP contribution >= 0.6 is 0 Å². The number of nitrogens with one attached hydrogen (secondary N) is 3. The quantitative estimate of drug-likeness (QED) is 0.358. The number of ether oxygens (including phenoxy) is 2. The van der Waals surface area contributed by atoms with Crippen LogP contribution in [0.3, 0.4) is 0 Å². The van der Waals surface area contributed by atoms with Gasteiger partial charge in [0.25, 0.3) is 0 Å². The third kappa shape index (κ3) is 4.83. The van der Waals surface area contributed by atoms with Gasteiger partial charge in [-0.1, -0.05) is 12.1 Å². The number of rotatable bonds is 6. The molecule has 2 rings (SSSR count). The number of carbonyl (C=O) groups excluding carboxylic acids is 1. The molecule has 1 aliphatic rings. The Morgan fingerprint density at radius 1 is 1.48 bits per heavy atom. The van der Waals surface area contributed by atoms with E-state index >= 15 is 0 Å². The number of β-amino-alcohol motifs (C(OH)–C–C–N with tert-alkyl or cyclic N) is 1. The maximum Gasteiger partial charge on any atom is 0.407 e. The third-order valence-electron chi connectivity index (χ3n) is 3.65. The van der Waals surface area contributed by atoms with Crippen molar-refractivity contribution in [2.24, 2.45) is 5.73 Å². The summed E-state index contributed by atoms with van der Waals surface area (Å²) >= 11 is 0. The summed E-state index contributed by atoms with van der Waals surface area (Å²) in [5.41, 5.74) is 6.21. The second kappa shape index (κ2) is 7.80. The molecule has 23 heavy (non-hydrogen) atoms. The van der Waals surface area contributed by atoms with Gasteiger partial charge in [-0.15, -0.1) is 0 Å². The molecule has 3 atom stereocenters. The summed E-state index contributed by atoms with van der Waals surface area (Å²) in [6.45, 7) is 0.268. The Balaban J connectivity index is 1.94. The molecule has 0 bridgehead atoms. The molecule has 8 nitrogen and oxygen atoms in total. The minimum absolute atomic E-state index is 0.0851. The van der Waals surface area contributed by atoms with Crippen LogP contribution in [0, 0.1) is 5.41 Å². The van der Waals surface area contributed by atoms with Crippen LogP contribution < -0.4 is 21.1 Å². The summed E-state index contributed by atoms with van der Waals surface area (Å²) in [4.78, 5) is 11.7. The number of carbonyl (C=O) groups is 1. The molecule has 0 radical (unpaired) electrons. The summed E-state index contributed by atoms with van der Waals surface area (Å²) in [7, 11) is 1.60. The average molecular weight is 322 g/mol. The lowest BCUT2D eigenvalue weighted by Crippen LogP contribution is -2.43. The van der Waals surface area contributed by atoms with Crippen molar-refractivity contribution >= 4 is 11.9 Å². The highest BCUT2D eigenvalue weighted by atomic mass is 16.6. The molecule has 1 aliphatic heterocycles. The number of amides is 1. The van der Waals surface area contributed by atoms with Crippen LogP contribution in [0.25, 0.3) is 0 Å². The molecule has 8 heteroatoms. The van der Waals surface area contributed by atoms with Crippen molar-refractivity contribution < 1.29 is 19.4 Å². The molecule has 1 aromatic rings. The fraction of sp³-hybridized carbons (Fsp3) is 0.467. The van der Waals surface area contributed by atoms with Gasteiger partial charge in [-0.2, -0.15) is 0 Å². The summed E-state index contributed by atoms with van der Waals surface area (Å²) in [6.07, 6.45) is -1.54. The first-order chi connectivity index (χ1) is 11.0. The maximum atomic E-state index is 11.7. The Kier molecular flexibility index (Phi) is 5.78. The normalized spacial score (nSPS) is 23.3. The molecule has 1 fully saturated rings. The van der Waals surface area contributed by atoms with E-state index < -0.39 is 18.3 Å². The lowest BCUT2D eigenvalue weighted by molar-refractivity contribution is 0.0195. The third-order valence-corrected chi connectivity index (χ3v) is 3.65. The number of amidine groups is 1. The molecule has 0 unspecified atom stereocenters. The minimum Gasteiger partial charge on any atom is -0.497 e. The monoisotopic (exact) mass is 322 g/mol. The van der Waals surface area contributed by atoms with E-state index in [-0.39, 0.29) is 18.4 Å². The number of alkyl carbamates (subject to hydrolysis) is 1. The number of nitrogens with two attached hydrogens (primary N) is 1. The summed E-state index contributed by atoms with van der Waals surface area (Å²) in [5, 5.41) is 22.6. The number of benzene rings is 1. The van der Waals surface area contributed by atoms with Crippen molar-refractivity contribution in [3.05, 3.63) is 29.8 Å². The van der Waals surface area contributed by atoms with Crippen LogP contribution in [0.5, 0.6) is 5.75 Å². The molecule has 1 aromatic carbocycles. The highest BCUT2D eigenvalue weighted by Crippen LogP contribution is 2.19. The van der Waals surface area contributed by atoms with Gasteiger partial charge in [-0.25, -0.2) is 4.79 Å². The molecule has 0 aromatic heterocycles. The van der Waals surface area contributed by atoms with E-state index in [1.165, 1.54) is 0 Å². The smallest absolute Gasteiger partial charge is 0.407 e. The number of aliphatic hydroxyl groups excluding tert-OH is 1. The van der Waals surface area contributed by atoms with Gasteiger partial charge in [-0.05, 0) is 24.1 Å². The van der Waals surface area contributed by atoms with E-state index in [2.05, 4.69) is 10.6 Å². The van der Waals surface area contributed by atoms with E-state index in [0.717, 1.165) is 11.3 Å². The van der Waals surface area contributed by atoms with Crippen LogP contribution in [0.4, 0.5) is 4.79 Å². The molecule has 1 amide bonds. The number of hydrogen-bond acceptors (Lipinski definition) is 6. The standard InChI is InChI=1S/C15H22N4O4/c1-22-10-4-2-9(3-5-10)6-11-14(12(20)7-18-11)23-15(21)19-8-13(16)17/h2-5,11-12,14,18,20H,6-8H2,1H3,(H3,16,17)(H,19,21)/t11-,12+,14+/m1/s1. The Morgan fingerprint density at radius 2 is 2.17 bits per heavy atom. The number of methoxy groups -OCH3 is 1. The first-order valence-electron chi connectivity index (χ1n) is 7.31. The second-order valence-corrected chi connectivity index (χ2v) is 5.38. The fourth-order valence-corrected chi connectivity index (χ4v) is 2.47. The predicted molar refractivity (Wildman–Crippen MR) is 84.7 cm³/mol. The Bertz CT molecular complexity index is 549. The highest BCUT2D eigenvalue weighted by Gasteiger charge is 2.37. The molecular formula is C15H22N4O4. The van der Waals surface area contributed by atoms with Crippen LogP contribution in [0.2, 0.25) is 0 Å². The van der Waals surface area contributed by atoms with Gasteiger partial charge in [0.2, 0.25) is 0 Å². The largest absolute Gasteiger partial charge is 0.497 e. The van der Waals surface area contributed by atoms with Gasteiger partial charge in [0.1, 0.15) is 23.8 Å². The van der Waals surface area contributed by atoms with E-state index in [0.29, 0.717) is 13.0 Å². The molecular weight excluding hydrogens is 300 g/mol. The zero-order chi connectivity index (χ0) is 16.8. The zero-order valence-electron chi connectivity index (χ0n) is 12.9. The van der Waals surface area contributed by atoms with Crippen LogP contribution in [-0.4, -0.2) is 55.5 Å². The molecule has 1 heterocycles.